The van der Waals surface area contributed by atoms with E-state index in [-0.39, 0.29) is 0 Å². The minimum Gasteiger partial charge on any atom is -0.359 e. The maximum Gasteiger partial charge on any atom is 0.120 e. The van der Waals surface area contributed by atoms with E-state index < -0.39 is 0 Å². The summed E-state index contributed by atoms with van der Waals surface area (Å²) in [6.07, 6.45) is 1.74. The normalized spacial score (nSPS) is 11.0. The molecular formula is C12H23N3. The predicted octanol–water partition coefficient (Wildman–Crippen LogP) is 1.99. The lowest BCUT2D eigenvalue weighted by atomic mass is 10.4. The van der Waals surface area contributed by atoms with E-state index in [2.05, 4.69) is 37.0 Å². The molecule has 0 fully saturated rings. The summed E-state index contributed by atoms with van der Waals surface area (Å²) >= 11 is 0. The zero-order valence-electron chi connectivity index (χ0n) is 10.5. The van der Waals surface area contributed by atoms with Crippen LogP contribution < -0.4 is 0 Å². The maximum atomic E-state index is 4.22. The molecule has 15 heavy (non-hydrogen) atoms. The van der Waals surface area contributed by atoms with Gasteiger partial charge in [-0.05, 0) is 26.1 Å². The van der Waals surface area contributed by atoms with E-state index in [1.165, 1.54) is 0 Å². The lowest BCUT2D eigenvalue weighted by molar-refractivity contribution is 0.296. The molecule has 0 aromatic rings. The zero-order chi connectivity index (χ0) is 11.8. The number of allylic oxidation sites excluding steroid dienone is 1. The quantitative estimate of drug-likeness (QED) is 0.597. The Morgan fingerprint density at radius 1 is 1.27 bits per heavy atom. The first-order chi connectivity index (χ1) is 6.97. The van der Waals surface area contributed by atoms with Crippen molar-refractivity contribution in [2.75, 3.05) is 33.7 Å². The van der Waals surface area contributed by atoms with Crippen LogP contribution in [0.1, 0.15) is 13.8 Å². The van der Waals surface area contributed by atoms with Crippen LogP contribution >= 0.6 is 0 Å². The second-order valence-electron chi connectivity index (χ2n) is 3.84. The molecule has 0 aromatic carbocycles. The van der Waals surface area contributed by atoms with Gasteiger partial charge in [-0.2, -0.15) is 0 Å². The third-order valence-electron chi connectivity index (χ3n) is 2.23. The second kappa shape index (κ2) is 7.23. The highest BCUT2D eigenvalue weighted by Crippen LogP contribution is 2.00. The van der Waals surface area contributed by atoms with Crippen molar-refractivity contribution in [2.24, 2.45) is 4.99 Å². The fourth-order valence-electron chi connectivity index (χ4n) is 0.891. The third kappa shape index (κ3) is 6.91. The van der Waals surface area contributed by atoms with Gasteiger partial charge >= 0.3 is 0 Å². The summed E-state index contributed by atoms with van der Waals surface area (Å²) in [5, 5.41) is 0. The topological polar surface area (TPSA) is 18.8 Å². The van der Waals surface area contributed by atoms with E-state index in [0.717, 1.165) is 31.0 Å². The highest BCUT2D eigenvalue weighted by molar-refractivity contribution is 5.77. The Morgan fingerprint density at radius 3 is 2.33 bits per heavy atom. The average Bonchev–Trinajstić information content (AvgIpc) is 2.21. The van der Waals surface area contributed by atoms with Crippen molar-refractivity contribution < 1.29 is 0 Å². The zero-order valence-corrected chi connectivity index (χ0v) is 10.5. The van der Waals surface area contributed by atoms with E-state index in [1.54, 1.807) is 6.21 Å². The van der Waals surface area contributed by atoms with Gasteiger partial charge in [0, 0.05) is 26.4 Å². The first-order valence-electron chi connectivity index (χ1n) is 5.25. The van der Waals surface area contributed by atoms with Crippen molar-refractivity contribution in [3.8, 4) is 0 Å². The fraction of sp³-hybridized carbons (Fsp3) is 0.583. The van der Waals surface area contributed by atoms with Crippen molar-refractivity contribution in [1.82, 2.24) is 9.80 Å². The van der Waals surface area contributed by atoms with Crippen molar-refractivity contribution in [3.63, 3.8) is 0 Å². The third-order valence-corrected chi connectivity index (χ3v) is 2.23. The highest BCUT2D eigenvalue weighted by Gasteiger charge is 2.01. The Bertz CT molecular complexity index is 243. The van der Waals surface area contributed by atoms with Crippen LogP contribution in [0.2, 0.25) is 0 Å². The van der Waals surface area contributed by atoms with Crippen LogP contribution in [-0.2, 0) is 0 Å². The number of rotatable bonds is 7. The summed E-state index contributed by atoms with van der Waals surface area (Å²) in [5.74, 6) is 0.780. The Kier molecular flexibility index (Phi) is 6.71. The first-order valence-corrected chi connectivity index (χ1v) is 5.25. The summed E-state index contributed by atoms with van der Waals surface area (Å²) in [5.41, 5.74) is 0.940. The minimum atomic E-state index is 0.780. The molecular weight excluding hydrogens is 186 g/mol. The highest BCUT2D eigenvalue weighted by atomic mass is 15.2. The SMILES string of the molecule is C=C(C)/C=N\C(=C)N(C)CCN(C)CC. The van der Waals surface area contributed by atoms with Gasteiger partial charge < -0.3 is 9.80 Å². The summed E-state index contributed by atoms with van der Waals surface area (Å²) in [6.45, 7) is 14.7. The minimum absolute atomic E-state index is 0.780. The molecule has 0 aromatic heterocycles. The Morgan fingerprint density at radius 2 is 1.87 bits per heavy atom. The van der Waals surface area contributed by atoms with Gasteiger partial charge in [-0.15, -0.1) is 0 Å². The summed E-state index contributed by atoms with van der Waals surface area (Å²) in [7, 11) is 4.11. The lowest BCUT2D eigenvalue weighted by Gasteiger charge is -2.22. The van der Waals surface area contributed by atoms with Crippen LogP contribution in [0.15, 0.2) is 29.5 Å². The molecule has 0 aliphatic carbocycles. The van der Waals surface area contributed by atoms with Crippen LogP contribution in [0.4, 0.5) is 0 Å². The lowest BCUT2D eigenvalue weighted by Crippen LogP contribution is -2.29. The van der Waals surface area contributed by atoms with Gasteiger partial charge in [0.1, 0.15) is 5.82 Å². The largest absolute Gasteiger partial charge is 0.359 e. The van der Waals surface area contributed by atoms with Gasteiger partial charge in [-0.1, -0.05) is 20.1 Å². The molecule has 0 spiro atoms. The fourth-order valence-corrected chi connectivity index (χ4v) is 0.891. The van der Waals surface area contributed by atoms with Gasteiger partial charge in [0.05, 0.1) is 0 Å². The van der Waals surface area contributed by atoms with Crippen molar-refractivity contribution in [1.29, 1.82) is 0 Å². The van der Waals surface area contributed by atoms with Crippen molar-refractivity contribution in [2.45, 2.75) is 13.8 Å². The predicted molar refractivity (Wildman–Crippen MR) is 68.2 cm³/mol. The number of nitrogens with zero attached hydrogens (tertiary/aromatic N) is 3. The maximum absolute atomic E-state index is 4.22. The van der Waals surface area contributed by atoms with Crippen molar-refractivity contribution >= 4 is 6.21 Å². The van der Waals surface area contributed by atoms with Crippen LogP contribution in [0.3, 0.4) is 0 Å². The molecule has 3 nitrogen and oxygen atoms in total. The summed E-state index contributed by atoms with van der Waals surface area (Å²) in [6, 6.07) is 0. The molecule has 0 saturated heterocycles. The van der Waals surface area contributed by atoms with E-state index >= 15 is 0 Å². The molecule has 0 N–H and O–H groups in total. The Hall–Kier alpha value is -1.09. The van der Waals surface area contributed by atoms with Gasteiger partial charge in [0.15, 0.2) is 0 Å². The molecule has 86 valence electrons. The number of hydrogen-bond donors (Lipinski definition) is 0. The molecule has 0 rings (SSSR count). The van der Waals surface area contributed by atoms with Gasteiger partial charge in [0.25, 0.3) is 0 Å². The molecule has 0 saturated carbocycles. The van der Waals surface area contributed by atoms with Crippen LogP contribution in [0.25, 0.3) is 0 Å². The molecule has 0 heterocycles. The van der Waals surface area contributed by atoms with Crippen LogP contribution in [-0.4, -0.2) is 49.7 Å². The van der Waals surface area contributed by atoms with Crippen LogP contribution in [0.5, 0.6) is 0 Å². The monoisotopic (exact) mass is 209 g/mol. The summed E-state index contributed by atoms with van der Waals surface area (Å²) < 4.78 is 0. The standard InChI is InChI=1S/C12H23N3/c1-7-14(5)8-9-15(6)12(4)13-10-11(2)3/h10H,2,4,7-9H2,1,3,5-6H3/b13-10-. The Labute approximate surface area is 93.8 Å². The smallest absolute Gasteiger partial charge is 0.120 e. The molecule has 0 aliphatic rings. The number of aliphatic imine (C=N–C) groups is 1. The molecule has 0 bridgehead atoms. The van der Waals surface area contributed by atoms with E-state index in [0.29, 0.717) is 0 Å². The van der Waals surface area contributed by atoms with Crippen molar-refractivity contribution in [3.05, 3.63) is 24.6 Å². The number of hydrogen-bond acceptors (Lipinski definition) is 3. The molecule has 0 amide bonds. The van der Waals surface area contributed by atoms with Gasteiger partial charge in [-0.25, -0.2) is 4.99 Å². The molecule has 0 unspecified atom stereocenters. The van der Waals surface area contributed by atoms with E-state index in [9.17, 15) is 0 Å². The van der Waals surface area contributed by atoms with Gasteiger partial charge in [0.2, 0.25) is 0 Å². The number of likely N-dealkylation sites (N-methyl/N-ethyl adjacent to an activating group) is 2. The van der Waals surface area contributed by atoms with Gasteiger partial charge in [-0.3, -0.25) is 0 Å². The molecule has 0 aliphatic heterocycles. The Balaban J connectivity index is 3.94. The molecule has 3 heteroatoms. The molecule has 0 radical (unpaired) electrons. The first kappa shape index (κ1) is 13.9. The average molecular weight is 209 g/mol. The summed E-state index contributed by atoms with van der Waals surface area (Å²) in [4.78, 5) is 8.52. The second-order valence-corrected chi connectivity index (χ2v) is 3.84. The van der Waals surface area contributed by atoms with E-state index in [4.69, 9.17) is 0 Å². The van der Waals surface area contributed by atoms with Crippen LogP contribution in [0, 0.1) is 0 Å². The molecule has 0 atom stereocenters. The van der Waals surface area contributed by atoms with E-state index in [1.807, 2.05) is 18.9 Å².